The number of likely N-dealkylation sites (tertiary alicyclic amines) is 1. The van der Waals surface area contributed by atoms with Crippen LogP contribution in [0.15, 0.2) is 24.3 Å². The van der Waals surface area contributed by atoms with Gasteiger partial charge in [0.15, 0.2) is 0 Å². The van der Waals surface area contributed by atoms with E-state index in [1.807, 2.05) is 4.90 Å². The molecule has 112 valence electrons. The minimum absolute atomic E-state index is 0.101. The molecule has 1 saturated heterocycles. The summed E-state index contributed by atoms with van der Waals surface area (Å²) in [6.45, 7) is 3.25. The van der Waals surface area contributed by atoms with Gasteiger partial charge in [0.05, 0.1) is 24.9 Å². The molecule has 3 atom stereocenters. The van der Waals surface area contributed by atoms with Gasteiger partial charge in [-0.3, -0.25) is 4.90 Å². The third-order valence-electron chi connectivity index (χ3n) is 4.15. The Labute approximate surface area is 120 Å². The van der Waals surface area contributed by atoms with E-state index in [-0.39, 0.29) is 12.6 Å². The normalized spacial score (nSPS) is 27.1. The number of nitrogens with zero attached hydrogens (tertiary/aromatic N) is 1. The molecule has 2 rings (SSSR count). The van der Waals surface area contributed by atoms with Crippen LogP contribution in [0.4, 0.5) is 0 Å². The minimum atomic E-state index is -0.822. The van der Waals surface area contributed by atoms with Gasteiger partial charge < -0.3 is 15.3 Å². The summed E-state index contributed by atoms with van der Waals surface area (Å²) < 4.78 is 0. The molecule has 0 unspecified atom stereocenters. The molecule has 20 heavy (non-hydrogen) atoms. The first kappa shape index (κ1) is 15.4. The molecular weight excluding hydrogens is 254 g/mol. The van der Waals surface area contributed by atoms with Gasteiger partial charge in [-0.15, -0.1) is 0 Å². The predicted molar refractivity (Wildman–Crippen MR) is 78.6 cm³/mol. The van der Waals surface area contributed by atoms with Crippen LogP contribution in [0.1, 0.15) is 24.0 Å². The van der Waals surface area contributed by atoms with Crippen molar-refractivity contribution >= 4 is 0 Å². The van der Waals surface area contributed by atoms with Crippen LogP contribution < -0.4 is 0 Å². The van der Waals surface area contributed by atoms with Crippen LogP contribution >= 0.6 is 0 Å². The molecule has 0 saturated carbocycles. The van der Waals surface area contributed by atoms with Crippen LogP contribution in [0.5, 0.6) is 0 Å². The molecule has 1 aliphatic heterocycles. The fourth-order valence-corrected chi connectivity index (χ4v) is 2.84. The molecule has 0 spiro atoms. The zero-order valence-electron chi connectivity index (χ0n) is 12.1. The van der Waals surface area contributed by atoms with Crippen molar-refractivity contribution < 1.29 is 15.3 Å². The number of hydrogen-bond acceptors (Lipinski definition) is 4. The maximum absolute atomic E-state index is 9.74. The van der Waals surface area contributed by atoms with E-state index in [2.05, 4.69) is 31.2 Å². The van der Waals surface area contributed by atoms with Crippen LogP contribution in [0.3, 0.4) is 0 Å². The summed E-state index contributed by atoms with van der Waals surface area (Å²) in [5, 5.41) is 28.6. The van der Waals surface area contributed by atoms with E-state index in [1.54, 1.807) is 0 Å². The summed E-state index contributed by atoms with van der Waals surface area (Å²) in [6, 6.07) is 8.27. The van der Waals surface area contributed by atoms with Gasteiger partial charge in [0, 0.05) is 6.54 Å². The number of unbranched alkanes of at least 4 members (excludes halogenated alkanes) is 1. The van der Waals surface area contributed by atoms with E-state index in [9.17, 15) is 15.3 Å². The first-order chi connectivity index (χ1) is 9.61. The van der Waals surface area contributed by atoms with Crippen molar-refractivity contribution in [2.45, 2.75) is 44.4 Å². The summed E-state index contributed by atoms with van der Waals surface area (Å²) in [7, 11) is 0. The van der Waals surface area contributed by atoms with Gasteiger partial charge in [-0.2, -0.15) is 0 Å². The molecule has 1 fully saturated rings. The van der Waals surface area contributed by atoms with E-state index in [0.29, 0.717) is 6.54 Å². The zero-order chi connectivity index (χ0) is 14.5. The lowest BCUT2D eigenvalue weighted by Crippen LogP contribution is -2.39. The Morgan fingerprint density at radius 1 is 1.15 bits per heavy atom. The Balaban J connectivity index is 1.72. The predicted octanol–water partition coefficient (Wildman–Crippen LogP) is 0.716. The number of benzene rings is 1. The molecule has 1 aromatic rings. The number of β-amino-alcohol motifs (C(OH)–C–C–N with tert-alkyl or cyclic N) is 1. The molecule has 0 amide bonds. The van der Waals surface area contributed by atoms with Crippen LogP contribution in [0, 0.1) is 6.92 Å². The van der Waals surface area contributed by atoms with Gasteiger partial charge in [0.2, 0.25) is 0 Å². The standard InChI is InChI=1S/C16H25NO3/c1-12-5-7-13(8-6-12)4-2-3-9-17-10-15(19)16(20)14(17)11-18/h5-8,14-16,18-20H,2-4,9-11H2,1H3/t14-,15-,16-/m1/s1. The summed E-state index contributed by atoms with van der Waals surface area (Å²) in [6.07, 6.45) is 1.57. The second-order valence-corrected chi connectivity index (χ2v) is 5.75. The van der Waals surface area contributed by atoms with E-state index in [4.69, 9.17) is 0 Å². The monoisotopic (exact) mass is 279 g/mol. The summed E-state index contributed by atoms with van der Waals surface area (Å²) >= 11 is 0. The highest BCUT2D eigenvalue weighted by atomic mass is 16.3. The molecule has 4 heteroatoms. The van der Waals surface area contributed by atoms with Crippen LogP contribution in [0.2, 0.25) is 0 Å². The topological polar surface area (TPSA) is 63.9 Å². The summed E-state index contributed by atoms with van der Waals surface area (Å²) in [5.74, 6) is 0. The number of hydrogen-bond donors (Lipinski definition) is 3. The largest absolute Gasteiger partial charge is 0.395 e. The SMILES string of the molecule is Cc1ccc(CCCCN2C[C@@H](O)[C@H](O)[C@H]2CO)cc1. The molecule has 0 bridgehead atoms. The van der Waals surface area contributed by atoms with Crippen LogP contribution in [-0.4, -0.2) is 58.2 Å². The van der Waals surface area contributed by atoms with Crippen molar-refractivity contribution in [1.29, 1.82) is 0 Å². The molecule has 0 radical (unpaired) electrons. The average molecular weight is 279 g/mol. The Bertz CT molecular complexity index is 407. The average Bonchev–Trinajstić information content (AvgIpc) is 2.72. The van der Waals surface area contributed by atoms with E-state index in [1.165, 1.54) is 11.1 Å². The maximum Gasteiger partial charge on any atom is 0.0988 e. The molecule has 0 aliphatic carbocycles. The third kappa shape index (κ3) is 3.79. The van der Waals surface area contributed by atoms with E-state index < -0.39 is 12.2 Å². The van der Waals surface area contributed by atoms with Crippen molar-refractivity contribution in [3.05, 3.63) is 35.4 Å². The van der Waals surface area contributed by atoms with Gasteiger partial charge in [-0.05, 0) is 38.3 Å². The second-order valence-electron chi connectivity index (χ2n) is 5.75. The quantitative estimate of drug-likeness (QED) is 0.671. The molecular formula is C16H25NO3. The van der Waals surface area contributed by atoms with Gasteiger partial charge >= 0.3 is 0 Å². The van der Waals surface area contributed by atoms with Crippen molar-refractivity contribution in [2.75, 3.05) is 19.7 Å². The number of rotatable bonds is 6. The van der Waals surface area contributed by atoms with E-state index in [0.717, 1.165) is 25.8 Å². The van der Waals surface area contributed by atoms with Crippen LogP contribution in [-0.2, 0) is 6.42 Å². The Kier molecular flexibility index (Phi) is 5.54. The minimum Gasteiger partial charge on any atom is -0.395 e. The lowest BCUT2D eigenvalue weighted by molar-refractivity contribution is 0.0216. The molecule has 0 aromatic heterocycles. The molecule has 1 aliphatic rings. The number of aliphatic hydroxyl groups excluding tert-OH is 3. The molecule has 1 heterocycles. The number of aryl methyl sites for hydroxylation is 2. The van der Waals surface area contributed by atoms with Crippen molar-refractivity contribution in [3.8, 4) is 0 Å². The van der Waals surface area contributed by atoms with Crippen molar-refractivity contribution in [1.82, 2.24) is 4.90 Å². The molecule has 4 nitrogen and oxygen atoms in total. The molecule has 1 aromatic carbocycles. The molecule has 3 N–H and O–H groups in total. The smallest absolute Gasteiger partial charge is 0.0988 e. The van der Waals surface area contributed by atoms with Gasteiger partial charge in [-0.1, -0.05) is 29.8 Å². The Hall–Kier alpha value is -0.940. The Morgan fingerprint density at radius 3 is 2.50 bits per heavy atom. The Morgan fingerprint density at radius 2 is 1.85 bits per heavy atom. The second kappa shape index (κ2) is 7.18. The first-order valence-electron chi connectivity index (χ1n) is 7.38. The summed E-state index contributed by atoms with van der Waals surface area (Å²) in [4.78, 5) is 1.99. The third-order valence-corrected chi connectivity index (χ3v) is 4.15. The fourth-order valence-electron chi connectivity index (χ4n) is 2.84. The lowest BCUT2D eigenvalue weighted by atomic mass is 10.1. The van der Waals surface area contributed by atoms with Gasteiger partial charge in [0.1, 0.15) is 0 Å². The highest BCUT2D eigenvalue weighted by molar-refractivity contribution is 5.21. The van der Waals surface area contributed by atoms with Crippen LogP contribution in [0.25, 0.3) is 0 Å². The maximum atomic E-state index is 9.74. The lowest BCUT2D eigenvalue weighted by Gasteiger charge is -2.23. The van der Waals surface area contributed by atoms with Crippen molar-refractivity contribution in [2.24, 2.45) is 0 Å². The highest BCUT2D eigenvalue weighted by Gasteiger charge is 2.38. The summed E-state index contributed by atoms with van der Waals surface area (Å²) in [5.41, 5.74) is 2.62. The zero-order valence-corrected chi connectivity index (χ0v) is 12.1. The van der Waals surface area contributed by atoms with Gasteiger partial charge in [-0.25, -0.2) is 0 Å². The van der Waals surface area contributed by atoms with E-state index >= 15 is 0 Å². The first-order valence-corrected chi connectivity index (χ1v) is 7.38. The van der Waals surface area contributed by atoms with Crippen molar-refractivity contribution in [3.63, 3.8) is 0 Å². The fraction of sp³-hybridized carbons (Fsp3) is 0.625. The highest BCUT2D eigenvalue weighted by Crippen LogP contribution is 2.19. The van der Waals surface area contributed by atoms with Gasteiger partial charge in [0.25, 0.3) is 0 Å². The number of aliphatic hydroxyl groups is 3.